The molecule has 4 aromatic carbocycles. The molecule has 2 fully saturated rings. The van der Waals surface area contributed by atoms with E-state index < -0.39 is 35.9 Å². The van der Waals surface area contributed by atoms with Crippen LogP contribution in [0.4, 0.5) is 9.18 Å². The first-order valence-electron chi connectivity index (χ1n) is 23.8. The zero-order valence-corrected chi connectivity index (χ0v) is 38.7. The van der Waals surface area contributed by atoms with Crippen molar-refractivity contribution >= 4 is 23.4 Å². The van der Waals surface area contributed by atoms with Crippen molar-refractivity contribution in [2.45, 2.75) is 94.8 Å². The molecule has 1 amide bonds. The molecule has 356 valence electrons. The van der Waals surface area contributed by atoms with Crippen molar-refractivity contribution in [1.82, 2.24) is 4.90 Å². The highest BCUT2D eigenvalue weighted by molar-refractivity contribution is 6.18. The van der Waals surface area contributed by atoms with Crippen molar-refractivity contribution in [2.24, 2.45) is 22.9 Å². The highest BCUT2D eigenvalue weighted by Crippen LogP contribution is 2.62. The SMILES string of the molecule is C=CCO[C@@]12Oc3ccc(Oc4ccc(-c5ccccc5)cc4)cc3[C@H]3[C@H](CCCCO)[C@@H](CCCCO)C=C(C(=NOC4CCCCO4)C[C@@H]1N(Cc1ccc(F)cc1)C(=O)OCCCl)[C@H]32. The molecule has 4 aliphatic rings. The minimum Gasteiger partial charge on any atom is -0.459 e. The minimum absolute atomic E-state index is 0.00917. The van der Waals surface area contributed by atoms with Gasteiger partial charge < -0.3 is 38.7 Å². The number of amides is 1. The molecule has 2 aliphatic carbocycles. The molecule has 4 aromatic rings. The number of alkyl halides is 1. The molecule has 11 nitrogen and oxygen atoms in total. The number of ether oxygens (including phenoxy) is 5. The Labute approximate surface area is 398 Å². The van der Waals surface area contributed by atoms with E-state index in [9.17, 15) is 19.4 Å². The summed E-state index contributed by atoms with van der Waals surface area (Å²) in [6, 6.07) is 29.2. The third-order valence-electron chi connectivity index (χ3n) is 13.4. The highest BCUT2D eigenvalue weighted by Gasteiger charge is 2.65. The molecule has 1 saturated carbocycles. The fourth-order valence-electron chi connectivity index (χ4n) is 10.4. The van der Waals surface area contributed by atoms with Crippen LogP contribution in [0.3, 0.4) is 0 Å². The summed E-state index contributed by atoms with van der Waals surface area (Å²) >= 11 is 6.11. The Morgan fingerprint density at radius 2 is 1.67 bits per heavy atom. The maximum atomic E-state index is 14.6. The number of oxime groups is 1. The van der Waals surface area contributed by atoms with Gasteiger partial charge in [-0.1, -0.05) is 84.7 Å². The van der Waals surface area contributed by atoms with E-state index in [-0.39, 0.29) is 63.0 Å². The molecule has 0 radical (unpaired) electrons. The first-order chi connectivity index (χ1) is 32.8. The number of aliphatic hydroxyl groups excluding tert-OH is 2. The largest absolute Gasteiger partial charge is 0.459 e. The van der Waals surface area contributed by atoms with Crippen LogP contribution in [-0.4, -0.2) is 84.0 Å². The average molecular weight is 938 g/mol. The number of halogens is 2. The molecule has 2 aliphatic heterocycles. The Hall–Kier alpha value is -5.24. The first-order valence-corrected chi connectivity index (χ1v) is 24.3. The molecule has 8 rings (SSSR count). The zero-order valence-electron chi connectivity index (χ0n) is 38.0. The zero-order chi connectivity index (χ0) is 46.6. The van der Waals surface area contributed by atoms with Gasteiger partial charge in [-0.3, -0.25) is 4.90 Å². The van der Waals surface area contributed by atoms with Gasteiger partial charge in [-0.25, -0.2) is 9.18 Å². The summed E-state index contributed by atoms with van der Waals surface area (Å²) in [5, 5.41) is 25.0. The Morgan fingerprint density at radius 3 is 2.39 bits per heavy atom. The van der Waals surface area contributed by atoms with E-state index in [1.807, 2.05) is 54.6 Å². The van der Waals surface area contributed by atoms with Crippen LogP contribution in [0.1, 0.15) is 81.3 Å². The number of aliphatic hydroxyl groups is 2. The van der Waals surface area contributed by atoms with Crippen molar-refractivity contribution in [1.29, 1.82) is 0 Å². The van der Waals surface area contributed by atoms with Crippen molar-refractivity contribution in [2.75, 3.05) is 38.9 Å². The lowest BCUT2D eigenvalue weighted by atomic mass is 9.55. The molecule has 7 atom stereocenters. The standard InChI is InChI=1S/C54H62ClFN2O9/c1-2-30-64-54-49(58(53(61)63-32-27-55)36-37-17-21-41(56)22-18-37)35-47(57-67-50-16-8-11-31-62-50)45-33-40(14-6-9-28-59)44(15-7-10-29-60)51(52(45)54)46-34-43(25-26-48(46)66-54)65-42-23-19-39(20-24-42)38-12-4-3-5-13-38/h2-5,12-13,17-26,33-34,40,44,49-52,59-60H,1,6-11,14-16,27-32,35-36H2/t40-,44+,49-,50?,51+,52+,54+/m0/s1. The number of benzene rings is 4. The molecular formula is C54H62ClFN2O9. The molecule has 1 unspecified atom stereocenters. The molecule has 2 heterocycles. The summed E-state index contributed by atoms with van der Waals surface area (Å²) in [6.07, 6.45) is 9.88. The fourth-order valence-corrected chi connectivity index (χ4v) is 10.5. The summed E-state index contributed by atoms with van der Waals surface area (Å²) in [7, 11) is 0. The summed E-state index contributed by atoms with van der Waals surface area (Å²) in [6.45, 7) is 4.81. The van der Waals surface area contributed by atoms with Gasteiger partial charge in [0, 0.05) is 44.1 Å². The van der Waals surface area contributed by atoms with Crippen LogP contribution >= 0.6 is 11.6 Å². The van der Waals surface area contributed by atoms with Crippen LogP contribution in [0.2, 0.25) is 0 Å². The summed E-state index contributed by atoms with van der Waals surface area (Å²) < 4.78 is 47.3. The maximum absolute atomic E-state index is 14.6. The number of hydrogen-bond donors (Lipinski definition) is 2. The molecule has 0 spiro atoms. The number of carbonyl (C=O) groups excluding carboxylic acids is 1. The predicted molar refractivity (Wildman–Crippen MR) is 256 cm³/mol. The maximum Gasteiger partial charge on any atom is 0.410 e. The van der Waals surface area contributed by atoms with Crippen molar-refractivity contribution in [3.63, 3.8) is 0 Å². The third kappa shape index (κ3) is 11.2. The molecule has 1 saturated heterocycles. The number of fused-ring (bicyclic) bond motifs is 2. The number of rotatable bonds is 21. The number of unbranched alkanes of at least 4 members (excludes halogenated alkanes) is 2. The normalized spacial score (nSPS) is 24.7. The van der Waals surface area contributed by atoms with E-state index in [0.717, 1.165) is 60.8 Å². The fraction of sp³-hybridized carbons (Fsp3) is 0.444. The molecule has 2 N–H and O–H groups in total. The Balaban J connectivity index is 1.30. The predicted octanol–water partition coefficient (Wildman–Crippen LogP) is 11.3. The van der Waals surface area contributed by atoms with Gasteiger partial charge in [-0.2, -0.15) is 0 Å². The Morgan fingerprint density at radius 1 is 0.925 bits per heavy atom. The van der Waals surface area contributed by atoms with E-state index in [1.54, 1.807) is 23.1 Å². The number of carbonyl (C=O) groups is 1. The van der Waals surface area contributed by atoms with Gasteiger partial charge in [0.15, 0.2) is 0 Å². The number of allylic oxidation sites excluding steroid dienone is 1. The van der Waals surface area contributed by atoms with Gasteiger partial charge in [-0.15, -0.1) is 18.2 Å². The Bertz CT molecular complexity index is 2310. The second kappa shape index (κ2) is 23.2. The van der Waals surface area contributed by atoms with Crippen LogP contribution < -0.4 is 9.47 Å². The average Bonchev–Trinajstić information content (AvgIpc) is 3.36. The molecular weight excluding hydrogens is 875 g/mol. The monoisotopic (exact) mass is 936 g/mol. The van der Waals surface area contributed by atoms with E-state index in [0.29, 0.717) is 54.4 Å². The van der Waals surface area contributed by atoms with E-state index in [2.05, 4.69) is 30.9 Å². The second-order valence-corrected chi connectivity index (χ2v) is 18.1. The van der Waals surface area contributed by atoms with Gasteiger partial charge in [-0.05, 0) is 115 Å². The second-order valence-electron chi connectivity index (χ2n) is 17.7. The van der Waals surface area contributed by atoms with Gasteiger partial charge in [0.05, 0.1) is 30.7 Å². The quantitative estimate of drug-likeness (QED) is 0.0363. The van der Waals surface area contributed by atoms with Crippen LogP contribution in [0.5, 0.6) is 17.2 Å². The lowest BCUT2D eigenvalue weighted by Crippen LogP contribution is -2.70. The van der Waals surface area contributed by atoms with Gasteiger partial charge >= 0.3 is 6.09 Å². The highest BCUT2D eigenvalue weighted by atomic mass is 35.5. The summed E-state index contributed by atoms with van der Waals surface area (Å²) in [5.41, 5.74) is 5.27. The van der Waals surface area contributed by atoms with Gasteiger partial charge in [0.1, 0.15) is 35.7 Å². The van der Waals surface area contributed by atoms with Crippen molar-refractivity contribution in [3.8, 4) is 28.4 Å². The van der Waals surface area contributed by atoms with E-state index in [1.165, 1.54) is 12.1 Å². The van der Waals surface area contributed by atoms with Crippen molar-refractivity contribution in [3.05, 3.63) is 138 Å². The summed E-state index contributed by atoms with van der Waals surface area (Å²) in [5.74, 6) is -0.839. The van der Waals surface area contributed by atoms with Crippen LogP contribution in [-0.2, 0) is 25.6 Å². The number of hydrogen-bond acceptors (Lipinski definition) is 10. The van der Waals surface area contributed by atoms with Crippen molar-refractivity contribution < 1.29 is 47.9 Å². The lowest BCUT2D eigenvalue weighted by Gasteiger charge is -2.59. The summed E-state index contributed by atoms with van der Waals surface area (Å²) in [4.78, 5) is 22.5. The van der Waals surface area contributed by atoms with Crippen LogP contribution in [0, 0.1) is 23.6 Å². The van der Waals surface area contributed by atoms with Crippen LogP contribution in [0.25, 0.3) is 11.1 Å². The molecule has 13 heteroatoms. The topological polar surface area (TPSA) is 129 Å². The number of nitrogens with zero attached hydrogens (tertiary/aromatic N) is 2. The minimum atomic E-state index is -1.54. The van der Waals surface area contributed by atoms with Crippen LogP contribution in [0.15, 0.2) is 127 Å². The van der Waals surface area contributed by atoms with E-state index >= 15 is 0 Å². The molecule has 0 bridgehead atoms. The Kier molecular flexibility index (Phi) is 16.7. The lowest BCUT2D eigenvalue weighted by molar-refractivity contribution is -0.256. The first kappa shape index (κ1) is 48.2. The van der Waals surface area contributed by atoms with Gasteiger partial charge in [0.25, 0.3) is 0 Å². The van der Waals surface area contributed by atoms with E-state index in [4.69, 9.17) is 45.3 Å². The third-order valence-corrected chi connectivity index (χ3v) is 13.6. The van der Waals surface area contributed by atoms with Gasteiger partial charge in [0.2, 0.25) is 12.1 Å². The smallest absolute Gasteiger partial charge is 0.410 e. The molecule has 67 heavy (non-hydrogen) atoms. The molecule has 0 aromatic heterocycles.